The summed E-state index contributed by atoms with van der Waals surface area (Å²) < 4.78 is 13.7. The predicted molar refractivity (Wildman–Crippen MR) is 130 cm³/mol. The van der Waals surface area contributed by atoms with Gasteiger partial charge in [-0.1, -0.05) is 43.2 Å². The predicted octanol–water partition coefficient (Wildman–Crippen LogP) is 6.05. The molecule has 34 heavy (non-hydrogen) atoms. The van der Waals surface area contributed by atoms with Crippen molar-refractivity contribution in [2.24, 2.45) is 0 Å². The van der Waals surface area contributed by atoms with Crippen molar-refractivity contribution < 1.29 is 19.1 Å². The number of amides is 1. The maximum Gasteiger partial charge on any atom is 0.303 e. The summed E-state index contributed by atoms with van der Waals surface area (Å²) in [6, 6.07) is 13.0. The van der Waals surface area contributed by atoms with E-state index in [4.69, 9.17) is 5.11 Å². The highest BCUT2D eigenvalue weighted by Gasteiger charge is 2.22. The topological polar surface area (TPSA) is 79.3 Å². The molecule has 1 saturated carbocycles. The average Bonchev–Trinajstić information content (AvgIpc) is 3.34. The molecule has 1 aromatic heterocycles. The van der Waals surface area contributed by atoms with Crippen LogP contribution in [0.1, 0.15) is 60.3 Å². The summed E-state index contributed by atoms with van der Waals surface area (Å²) in [6.45, 7) is 1.90. The quantitative estimate of drug-likeness (QED) is 0.429. The molecule has 1 fully saturated rings. The number of rotatable bonds is 8. The second-order valence-electron chi connectivity index (χ2n) is 9.00. The van der Waals surface area contributed by atoms with Crippen LogP contribution in [0.15, 0.2) is 54.9 Å². The number of benzene rings is 2. The molecule has 2 aromatic carbocycles. The van der Waals surface area contributed by atoms with Crippen molar-refractivity contribution in [3.63, 3.8) is 0 Å². The first-order valence-electron chi connectivity index (χ1n) is 11.7. The van der Waals surface area contributed by atoms with Crippen LogP contribution in [0.3, 0.4) is 0 Å². The minimum atomic E-state index is -0.842. The average molecular weight is 461 g/mol. The van der Waals surface area contributed by atoms with Crippen LogP contribution in [0.5, 0.6) is 0 Å². The Morgan fingerprint density at radius 3 is 2.59 bits per heavy atom. The molecule has 0 saturated heterocycles. The van der Waals surface area contributed by atoms with E-state index < -0.39 is 5.97 Å². The number of aryl methyl sites for hydroxylation is 1. The van der Waals surface area contributed by atoms with E-state index in [1.54, 1.807) is 6.20 Å². The van der Waals surface area contributed by atoms with Gasteiger partial charge in [-0.25, -0.2) is 4.39 Å². The van der Waals surface area contributed by atoms with Gasteiger partial charge < -0.3 is 10.4 Å². The SMILES string of the molecule is Cc1c(CCC(=O)O)cccc1NC(=O)Cc1ccc(-c2cncc(F)c2)cc1C1CCCC1. The van der Waals surface area contributed by atoms with Gasteiger partial charge in [-0.15, -0.1) is 0 Å². The van der Waals surface area contributed by atoms with E-state index in [0.717, 1.165) is 46.2 Å². The summed E-state index contributed by atoms with van der Waals surface area (Å²) in [6.07, 6.45) is 8.08. The zero-order valence-electron chi connectivity index (χ0n) is 19.3. The van der Waals surface area contributed by atoms with Gasteiger partial charge in [0.15, 0.2) is 0 Å². The highest BCUT2D eigenvalue weighted by molar-refractivity contribution is 5.93. The number of aliphatic carboxylic acids is 1. The summed E-state index contributed by atoms with van der Waals surface area (Å²) in [4.78, 5) is 27.9. The molecule has 3 aromatic rings. The zero-order valence-corrected chi connectivity index (χ0v) is 19.3. The number of carbonyl (C=O) groups excluding carboxylic acids is 1. The van der Waals surface area contributed by atoms with Crippen LogP contribution in [0.2, 0.25) is 0 Å². The molecular formula is C28H29FN2O3. The van der Waals surface area contributed by atoms with E-state index in [0.29, 0.717) is 18.0 Å². The molecule has 0 spiro atoms. The monoisotopic (exact) mass is 460 g/mol. The lowest BCUT2D eigenvalue weighted by Crippen LogP contribution is -2.17. The third kappa shape index (κ3) is 5.68. The molecule has 0 atom stereocenters. The zero-order chi connectivity index (χ0) is 24.1. The number of nitrogens with zero attached hydrogens (tertiary/aromatic N) is 1. The molecule has 176 valence electrons. The highest BCUT2D eigenvalue weighted by Crippen LogP contribution is 2.38. The molecule has 0 aliphatic heterocycles. The number of pyridine rings is 1. The molecule has 0 bridgehead atoms. The van der Waals surface area contributed by atoms with E-state index in [9.17, 15) is 14.0 Å². The smallest absolute Gasteiger partial charge is 0.303 e. The number of hydrogen-bond acceptors (Lipinski definition) is 3. The van der Waals surface area contributed by atoms with Crippen LogP contribution in [0, 0.1) is 12.7 Å². The molecule has 1 amide bonds. The fourth-order valence-electron chi connectivity index (χ4n) is 4.82. The Bertz CT molecular complexity index is 1200. The highest BCUT2D eigenvalue weighted by atomic mass is 19.1. The van der Waals surface area contributed by atoms with Gasteiger partial charge in [-0.3, -0.25) is 14.6 Å². The molecule has 5 nitrogen and oxygen atoms in total. The number of anilines is 1. The fraction of sp³-hybridized carbons (Fsp3) is 0.321. The Kier molecular flexibility index (Phi) is 7.36. The van der Waals surface area contributed by atoms with Crippen molar-refractivity contribution in [2.45, 2.75) is 57.8 Å². The van der Waals surface area contributed by atoms with Gasteiger partial charge in [0.1, 0.15) is 5.82 Å². The molecule has 0 radical (unpaired) electrons. The first-order chi connectivity index (χ1) is 16.4. The van der Waals surface area contributed by atoms with Crippen LogP contribution < -0.4 is 5.32 Å². The van der Waals surface area contributed by atoms with Crippen LogP contribution >= 0.6 is 0 Å². The molecule has 6 heteroatoms. The van der Waals surface area contributed by atoms with Crippen LogP contribution in [0.25, 0.3) is 11.1 Å². The Morgan fingerprint density at radius 1 is 1.06 bits per heavy atom. The van der Waals surface area contributed by atoms with Gasteiger partial charge in [0.2, 0.25) is 5.91 Å². The normalized spacial score (nSPS) is 13.7. The maximum absolute atomic E-state index is 13.7. The molecule has 1 aliphatic carbocycles. The molecule has 4 rings (SSSR count). The summed E-state index contributed by atoms with van der Waals surface area (Å²) in [7, 11) is 0. The van der Waals surface area contributed by atoms with Gasteiger partial charge in [0.25, 0.3) is 0 Å². The van der Waals surface area contributed by atoms with Crippen molar-refractivity contribution in [3.05, 3.63) is 82.9 Å². The number of aromatic nitrogens is 1. The van der Waals surface area contributed by atoms with Crippen molar-refractivity contribution in [3.8, 4) is 11.1 Å². The first kappa shape index (κ1) is 23.6. The Balaban J connectivity index is 1.55. The number of carboxylic acid groups (broad SMARTS) is 1. The molecule has 0 unspecified atom stereocenters. The number of halogens is 1. The summed E-state index contributed by atoms with van der Waals surface area (Å²) >= 11 is 0. The molecule has 1 heterocycles. The van der Waals surface area contributed by atoms with Crippen molar-refractivity contribution in [1.29, 1.82) is 0 Å². The minimum Gasteiger partial charge on any atom is -0.481 e. The van der Waals surface area contributed by atoms with Gasteiger partial charge >= 0.3 is 5.97 Å². The van der Waals surface area contributed by atoms with Gasteiger partial charge in [-0.2, -0.15) is 0 Å². The van der Waals surface area contributed by atoms with Crippen LogP contribution in [-0.2, 0) is 22.4 Å². The van der Waals surface area contributed by atoms with Crippen LogP contribution in [0.4, 0.5) is 10.1 Å². The van der Waals surface area contributed by atoms with Crippen molar-refractivity contribution >= 4 is 17.6 Å². The van der Waals surface area contributed by atoms with Crippen molar-refractivity contribution in [1.82, 2.24) is 4.98 Å². The van der Waals surface area contributed by atoms with Crippen LogP contribution in [-0.4, -0.2) is 22.0 Å². The van der Waals surface area contributed by atoms with Gasteiger partial charge in [0, 0.05) is 23.9 Å². The summed E-state index contributed by atoms with van der Waals surface area (Å²) in [5.41, 5.74) is 6.28. The standard InChI is InChI=1S/C28H29FN2O3/c1-18-19(11-12-28(33)34)7-4-8-26(18)31-27(32)15-22-10-9-21(23-13-24(29)17-30-16-23)14-25(22)20-5-2-3-6-20/h4,7-10,13-14,16-17,20H,2-3,5-6,11-12,15H2,1H3,(H,31,32)(H,33,34). The van der Waals surface area contributed by atoms with E-state index in [-0.39, 0.29) is 24.6 Å². The minimum absolute atomic E-state index is 0.0518. The van der Waals surface area contributed by atoms with Crippen molar-refractivity contribution in [2.75, 3.05) is 5.32 Å². The lowest BCUT2D eigenvalue weighted by Gasteiger charge is -2.18. The Labute approximate surface area is 199 Å². The maximum atomic E-state index is 13.7. The lowest BCUT2D eigenvalue weighted by atomic mass is 9.88. The number of carbonyl (C=O) groups is 2. The largest absolute Gasteiger partial charge is 0.481 e. The molecule has 1 aliphatic rings. The van der Waals surface area contributed by atoms with E-state index in [2.05, 4.69) is 16.4 Å². The second kappa shape index (κ2) is 10.6. The lowest BCUT2D eigenvalue weighted by molar-refractivity contribution is -0.137. The Morgan fingerprint density at radius 2 is 1.85 bits per heavy atom. The number of carboxylic acids is 1. The third-order valence-electron chi connectivity index (χ3n) is 6.66. The number of nitrogens with one attached hydrogen (secondary N) is 1. The number of hydrogen-bond donors (Lipinski definition) is 2. The van der Waals surface area contributed by atoms with E-state index >= 15 is 0 Å². The summed E-state index contributed by atoms with van der Waals surface area (Å²) in [5, 5.41) is 12.0. The van der Waals surface area contributed by atoms with E-state index in [1.807, 2.05) is 37.3 Å². The fourth-order valence-corrected chi connectivity index (χ4v) is 4.82. The van der Waals surface area contributed by atoms with E-state index in [1.165, 1.54) is 25.1 Å². The molecule has 2 N–H and O–H groups in total. The Hall–Kier alpha value is -3.54. The van der Waals surface area contributed by atoms with Gasteiger partial charge in [0.05, 0.1) is 12.6 Å². The second-order valence-corrected chi connectivity index (χ2v) is 9.00. The first-order valence-corrected chi connectivity index (χ1v) is 11.7. The third-order valence-corrected chi connectivity index (χ3v) is 6.66. The molecular weight excluding hydrogens is 431 g/mol. The van der Waals surface area contributed by atoms with Gasteiger partial charge in [-0.05, 0) is 72.1 Å². The summed E-state index contributed by atoms with van der Waals surface area (Å²) in [5.74, 6) is -0.932.